The number of carboxylic acids is 1. The number of benzene rings is 1. The molecule has 0 amide bonds. The summed E-state index contributed by atoms with van der Waals surface area (Å²) in [6.07, 6.45) is 5.34. The standard InChI is InChI=1S/C24H27N5O2/c1-3-29(17(2)24(30)31)22-15-21(26-23(27-22)20-9-6-12-25-16-20)28-13-10-18-7-4-5-8-19(18)11-14-28/h4-9,12,15-17H,3,10-11,13-14H2,1-2H3,(H,30,31). The highest BCUT2D eigenvalue weighted by Gasteiger charge is 2.24. The van der Waals surface area contributed by atoms with Crippen molar-refractivity contribution < 1.29 is 9.90 Å². The van der Waals surface area contributed by atoms with E-state index in [1.54, 1.807) is 24.2 Å². The molecule has 160 valence electrons. The molecule has 0 saturated carbocycles. The van der Waals surface area contributed by atoms with Gasteiger partial charge < -0.3 is 14.9 Å². The first kappa shape index (κ1) is 20.8. The molecular weight excluding hydrogens is 390 g/mol. The Bertz CT molecular complexity index is 1030. The molecule has 7 nitrogen and oxygen atoms in total. The van der Waals surface area contributed by atoms with E-state index < -0.39 is 12.0 Å². The number of carbonyl (C=O) groups is 1. The SMILES string of the molecule is CCN(c1cc(N2CCc3ccccc3CC2)nc(-c2cccnc2)n1)C(C)C(=O)O. The average Bonchev–Trinajstić information content (AvgIpc) is 3.03. The van der Waals surface area contributed by atoms with E-state index in [1.807, 2.05) is 25.1 Å². The number of aromatic nitrogens is 3. The largest absolute Gasteiger partial charge is 0.480 e. The summed E-state index contributed by atoms with van der Waals surface area (Å²) in [5, 5.41) is 9.58. The lowest BCUT2D eigenvalue weighted by molar-refractivity contribution is -0.138. The number of nitrogens with zero attached hydrogens (tertiary/aromatic N) is 5. The summed E-state index contributed by atoms with van der Waals surface area (Å²) in [6, 6.07) is 13.6. The summed E-state index contributed by atoms with van der Waals surface area (Å²) in [6.45, 7) is 5.84. The fourth-order valence-corrected chi connectivity index (χ4v) is 4.02. The van der Waals surface area contributed by atoms with Gasteiger partial charge in [-0.15, -0.1) is 0 Å². The van der Waals surface area contributed by atoms with Crippen molar-refractivity contribution in [3.63, 3.8) is 0 Å². The zero-order valence-electron chi connectivity index (χ0n) is 17.9. The van der Waals surface area contributed by atoms with Crippen molar-refractivity contribution in [1.29, 1.82) is 0 Å². The average molecular weight is 418 g/mol. The molecule has 7 heteroatoms. The first-order valence-corrected chi connectivity index (χ1v) is 10.7. The minimum absolute atomic E-state index is 0.530. The van der Waals surface area contributed by atoms with E-state index >= 15 is 0 Å². The second-order valence-corrected chi connectivity index (χ2v) is 7.71. The maximum absolute atomic E-state index is 11.7. The van der Waals surface area contributed by atoms with Crippen molar-refractivity contribution in [3.8, 4) is 11.4 Å². The molecule has 0 aliphatic carbocycles. The zero-order chi connectivity index (χ0) is 21.8. The lowest BCUT2D eigenvalue weighted by Crippen LogP contribution is -2.39. The van der Waals surface area contributed by atoms with Crippen LogP contribution in [0.2, 0.25) is 0 Å². The normalized spacial score (nSPS) is 14.5. The van der Waals surface area contributed by atoms with E-state index in [9.17, 15) is 9.90 Å². The third-order valence-corrected chi connectivity index (χ3v) is 5.82. The Morgan fingerprint density at radius 1 is 1.13 bits per heavy atom. The third kappa shape index (κ3) is 4.50. The van der Waals surface area contributed by atoms with E-state index in [2.05, 4.69) is 34.1 Å². The van der Waals surface area contributed by atoms with Gasteiger partial charge in [0.05, 0.1) is 0 Å². The maximum Gasteiger partial charge on any atom is 0.326 e. The van der Waals surface area contributed by atoms with E-state index in [0.29, 0.717) is 18.2 Å². The van der Waals surface area contributed by atoms with Crippen LogP contribution in [0.1, 0.15) is 25.0 Å². The molecule has 0 radical (unpaired) electrons. The van der Waals surface area contributed by atoms with Crippen LogP contribution >= 0.6 is 0 Å². The van der Waals surface area contributed by atoms with E-state index in [4.69, 9.17) is 9.97 Å². The summed E-state index contributed by atoms with van der Waals surface area (Å²) < 4.78 is 0. The van der Waals surface area contributed by atoms with Crippen molar-refractivity contribution in [1.82, 2.24) is 15.0 Å². The first-order valence-electron chi connectivity index (χ1n) is 10.7. The van der Waals surface area contributed by atoms with Crippen LogP contribution in [0, 0.1) is 0 Å². The Hall–Kier alpha value is -3.48. The van der Waals surface area contributed by atoms with Crippen molar-refractivity contribution in [2.45, 2.75) is 32.7 Å². The van der Waals surface area contributed by atoms with Gasteiger partial charge in [-0.1, -0.05) is 24.3 Å². The van der Waals surface area contributed by atoms with Crippen LogP contribution in [0.15, 0.2) is 54.9 Å². The van der Waals surface area contributed by atoms with Crippen molar-refractivity contribution in [2.24, 2.45) is 0 Å². The molecule has 1 aromatic carbocycles. The Balaban J connectivity index is 1.74. The third-order valence-electron chi connectivity index (χ3n) is 5.82. The van der Waals surface area contributed by atoms with Crippen molar-refractivity contribution in [3.05, 3.63) is 66.0 Å². The van der Waals surface area contributed by atoms with Gasteiger partial charge in [-0.25, -0.2) is 14.8 Å². The number of hydrogen-bond acceptors (Lipinski definition) is 6. The monoisotopic (exact) mass is 417 g/mol. The number of likely N-dealkylation sites (N-methyl/N-ethyl adjacent to an activating group) is 1. The minimum atomic E-state index is -0.879. The molecule has 1 aliphatic rings. The molecule has 0 fully saturated rings. The van der Waals surface area contributed by atoms with Gasteiger partial charge in [0.1, 0.15) is 17.7 Å². The van der Waals surface area contributed by atoms with E-state index in [0.717, 1.165) is 37.3 Å². The molecule has 1 aliphatic heterocycles. The van der Waals surface area contributed by atoms with Gasteiger partial charge in [-0.05, 0) is 49.9 Å². The van der Waals surface area contributed by atoms with Crippen LogP contribution < -0.4 is 9.80 Å². The number of rotatable bonds is 6. The van der Waals surface area contributed by atoms with Gasteiger partial charge in [0, 0.05) is 43.7 Å². The number of pyridine rings is 1. The molecule has 0 bridgehead atoms. The van der Waals surface area contributed by atoms with Crippen LogP contribution in [0.25, 0.3) is 11.4 Å². The molecular formula is C24H27N5O2. The first-order chi connectivity index (χ1) is 15.1. The Labute approximate surface area is 182 Å². The molecule has 2 aromatic heterocycles. The summed E-state index contributed by atoms with van der Waals surface area (Å²) >= 11 is 0. The molecule has 3 heterocycles. The molecule has 3 aromatic rings. The zero-order valence-corrected chi connectivity index (χ0v) is 17.9. The Morgan fingerprint density at radius 3 is 2.42 bits per heavy atom. The smallest absolute Gasteiger partial charge is 0.326 e. The maximum atomic E-state index is 11.7. The van der Waals surface area contributed by atoms with Gasteiger partial charge in [-0.2, -0.15) is 0 Å². The van der Waals surface area contributed by atoms with Crippen molar-refractivity contribution >= 4 is 17.6 Å². The van der Waals surface area contributed by atoms with E-state index in [1.165, 1.54) is 11.1 Å². The number of aliphatic carboxylic acids is 1. The molecule has 0 saturated heterocycles. The highest BCUT2D eigenvalue weighted by molar-refractivity contribution is 5.77. The quantitative estimate of drug-likeness (QED) is 0.658. The number of fused-ring (bicyclic) bond motifs is 1. The lowest BCUT2D eigenvalue weighted by atomic mass is 10.0. The molecule has 1 atom stereocenters. The lowest BCUT2D eigenvalue weighted by Gasteiger charge is -2.28. The second-order valence-electron chi connectivity index (χ2n) is 7.71. The van der Waals surface area contributed by atoms with Gasteiger partial charge in [0.15, 0.2) is 5.82 Å². The molecule has 31 heavy (non-hydrogen) atoms. The topological polar surface area (TPSA) is 82.5 Å². The predicted molar refractivity (Wildman–Crippen MR) is 121 cm³/mol. The number of hydrogen-bond donors (Lipinski definition) is 1. The van der Waals surface area contributed by atoms with Gasteiger partial charge in [-0.3, -0.25) is 4.98 Å². The van der Waals surface area contributed by atoms with Gasteiger partial charge in [0.25, 0.3) is 0 Å². The molecule has 1 N–H and O–H groups in total. The van der Waals surface area contributed by atoms with E-state index in [-0.39, 0.29) is 0 Å². The summed E-state index contributed by atoms with van der Waals surface area (Å²) in [4.78, 5) is 29.5. The number of anilines is 2. The van der Waals surface area contributed by atoms with Crippen LogP contribution in [0.4, 0.5) is 11.6 Å². The van der Waals surface area contributed by atoms with Crippen LogP contribution in [-0.4, -0.2) is 51.7 Å². The summed E-state index contributed by atoms with van der Waals surface area (Å²) in [5.41, 5.74) is 3.56. The molecule has 1 unspecified atom stereocenters. The number of carboxylic acid groups (broad SMARTS) is 1. The highest BCUT2D eigenvalue weighted by atomic mass is 16.4. The fraction of sp³-hybridized carbons (Fsp3) is 0.333. The van der Waals surface area contributed by atoms with Gasteiger partial charge in [0.2, 0.25) is 0 Å². The van der Waals surface area contributed by atoms with Crippen LogP contribution in [0.3, 0.4) is 0 Å². The Kier molecular flexibility index (Phi) is 6.11. The second kappa shape index (κ2) is 9.12. The van der Waals surface area contributed by atoms with Gasteiger partial charge >= 0.3 is 5.97 Å². The predicted octanol–water partition coefficient (Wildman–Crippen LogP) is 3.44. The van der Waals surface area contributed by atoms with Crippen LogP contribution in [-0.2, 0) is 17.6 Å². The van der Waals surface area contributed by atoms with Crippen LogP contribution in [0.5, 0.6) is 0 Å². The minimum Gasteiger partial charge on any atom is -0.480 e. The molecule has 4 rings (SSSR count). The Morgan fingerprint density at radius 2 is 1.84 bits per heavy atom. The summed E-state index contributed by atoms with van der Waals surface area (Å²) in [7, 11) is 0. The molecule has 0 spiro atoms. The van der Waals surface area contributed by atoms with Crippen molar-refractivity contribution in [2.75, 3.05) is 29.4 Å². The summed E-state index contributed by atoms with van der Waals surface area (Å²) in [5.74, 6) is 1.10. The highest BCUT2D eigenvalue weighted by Crippen LogP contribution is 2.27. The fourth-order valence-electron chi connectivity index (χ4n) is 4.02.